The number of anilines is 4. The van der Waals surface area contributed by atoms with Gasteiger partial charge in [0.1, 0.15) is 5.82 Å². The van der Waals surface area contributed by atoms with E-state index >= 15 is 0 Å². The van der Waals surface area contributed by atoms with E-state index in [1.807, 2.05) is 62.4 Å². The van der Waals surface area contributed by atoms with Gasteiger partial charge in [-0.25, -0.2) is 0 Å². The predicted octanol–water partition coefficient (Wildman–Crippen LogP) is 4.81. The van der Waals surface area contributed by atoms with Gasteiger partial charge in [-0.2, -0.15) is 0 Å². The number of thiocarbonyl (C=S) groups is 1. The van der Waals surface area contributed by atoms with Gasteiger partial charge in [-0.3, -0.25) is 4.79 Å². The van der Waals surface area contributed by atoms with Crippen molar-refractivity contribution in [2.24, 2.45) is 16.0 Å². The molecule has 1 aromatic heterocycles. The zero-order chi connectivity index (χ0) is 20.1. The number of pyridine rings is 1. The molecule has 3 rings (SSSR count). The lowest BCUT2D eigenvalue weighted by Crippen LogP contribution is -2.11. The topological polar surface area (TPSA) is 108 Å². The number of aromatic amines is 1. The van der Waals surface area contributed by atoms with Gasteiger partial charge in [0.05, 0.1) is 5.69 Å². The Balaban J connectivity index is 2.01. The first-order chi connectivity index (χ1) is 13.4. The third-order valence-corrected chi connectivity index (χ3v) is 4.01. The summed E-state index contributed by atoms with van der Waals surface area (Å²) in [5, 5.41) is 13.8. The number of benzene rings is 2. The summed E-state index contributed by atoms with van der Waals surface area (Å²) in [5.74, 6) is 0.503. The van der Waals surface area contributed by atoms with E-state index in [9.17, 15) is 4.79 Å². The van der Waals surface area contributed by atoms with Crippen LogP contribution in [0.25, 0.3) is 0 Å². The molecule has 0 spiro atoms. The normalized spacial score (nSPS) is 10.8. The van der Waals surface area contributed by atoms with Gasteiger partial charge in [0.2, 0.25) is 5.11 Å². The van der Waals surface area contributed by atoms with Crippen molar-refractivity contribution in [3.05, 3.63) is 76.1 Å². The Kier molecular flexibility index (Phi) is 5.81. The maximum atomic E-state index is 12.4. The van der Waals surface area contributed by atoms with Crippen molar-refractivity contribution in [2.45, 2.75) is 13.8 Å². The molecule has 0 aliphatic carbocycles. The van der Waals surface area contributed by atoms with Crippen LogP contribution in [0.1, 0.15) is 11.1 Å². The van der Waals surface area contributed by atoms with E-state index in [-0.39, 0.29) is 10.8 Å². The summed E-state index contributed by atoms with van der Waals surface area (Å²) in [7, 11) is 0. The van der Waals surface area contributed by atoms with Crippen molar-refractivity contribution in [2.75, 3.05) is 10.6 Å². The number of azo groups is 1. The molecule has 2 aromatic carbocycles. The number of nitrogens with one attached hydrogen (secondary N) is 3. The maximum Gasteiger partial charge on any atom is 0.277 e. The lowest BCUT2D eigenvalue weighted by atomic mass is 10.2. The minimum atomic E-state index is -0.413. The molecule has 3 aromatic rings. The largest absolute Gasteiger partial charge is 0.373 e. The average Bonchev–Trinajstić information content (AvgIpc) is 2.66. The van der Waals surface area contributed by atoms with Gasteiger partial charge in [0, 0.05) is 11.4 Å². The fourth-order valence-corrected chi connectivity index (χ4v) is 2.51. The molecule has 142 valence electrons. The zero-order valence-electron chi connectivity index (χ0n) is 15.5. The number of aromatic nitrogens is 1. The van der Waals surface area contributed by atoms with Crippen LogP contribution < -0.4 is 21.9 Å². The third kappa shape index (κ3) is 5.01. The summed E-state index contributed by atoms with van der Waals surface area (Å²) in [6.45, 7) is 4.03. The molecule has 0 atom stereocenters. The molecule has 7 nitrogen and oxygen atoms in total. The molecular formula is C20H20N6OS. The number of hydrogen-bond donors (Lipinski definition) is 4. The predicted molar refractivity (Wildman–Crippen MR) is 117 cm³/mol. The van der Waals surface area contributed by atoms with Crippen LogP contribution in [0, 0.1) is 13.8 Å². The van der Waals surface area contributed by atoms with Gasteiger partial charge in [-0.05, 0) is 56.4 Å². The van der Waals surface area contributed by atoms with Crippen LogP contribution >= 0.6 is 12.2 Å². The quantitative estimate of drug-likeness (QED) is 0.368. The highest BCUT2D eigenvalue weighted by atomic mass is 32.1. The monoisotopic (exact) mass is 392 g/mol. The minimum absolute atomic E-state index is 0.0943. The van der Waals surface area contributed by atoms with Crippen LogP contribution in [0.2, 0.25) is 0 Å². The van der Waals surface area contributed by atoms with Crippen LogP contribution in [0.3, 0.4) is 0 Å². The molecule has 0 radical (unpaired) electrons. The van der Waals surface area contributed by atoms with E-state index < -0.39 is 5.56 Å². The number of aryl methyl sites for hydroxylation is 2. The first kappa shape index (κ1) is 19.2. The van der Waals surface area contributed by atoms with Crippen molar-refractivity contribution < 1.29 is 0 Å². The Morgan fingerprint density at radius 1 is 0.964 bits per heavy atom. The number of rotatable bonds is 5. The lowest BCUT2D eigenvalue weighted by Gasteiger charge is -2.14. The number of nitrogens with two attached hydrogens (primary N) is 1. The number of H-pyrrole nitrogens is 1. The molecule has 8 heteroatoms. The van der Waals surface area contributed by atoms with E-state index in [4.69, 9.17) is 5.73 Å². The summed E-state index contributed by atoms with van der Waals surface area (Å²) >= 11 is 4.69. The standard InChI is InChI=1S/C20H20N6OS/c1-12-3-7-14(8-4-12)22-16-11-17(25-26-20(21)28)19(27)24-18(16)23-15-9-5-13(2)6-10-15/h3-11,22H,1-2H3,(H2,21,28)(H2,23,24,27). The Labute approximate surface area is 167 Å². The molecular weight excluding hydrogens is 372 g/mol. The minimum Gasteiger partial charge on any atom is -0.373 e. The van der Waals surface area contributed by atoms with Gasteiger partial charge in [-0.15, -0.1) is 10.2 Å². The van der Waals surface area contributed by atoms with Crippen molar-refractivity contribution >= 4 is 45.9 Å². The highest BCUT2D eigenvalue weighted by Gasteiger charge is 2.10. The van der Waals surface area contributed by atoms with E-state index in [0.717, 1.165) is 22.5 Å². The second kappa shape index (κ2) is 8.45. The van der Waals surface area contributed by atoms with Crippen LogP contribution in [-0.2, 0) is 0 Å². The first-order valence-electron chi connectivity index (χ1n) is 8.56. The summed E-state index contributed by atoms with van der Waals surface area (Å²) in [4.78, 5) is 15.2. The van der Waals surface area contributed by atoms with Gasteiger partial charge in [0.15, 0.2) is 5.69 Å². The van der Waals surface area contributed by atoms with Crippen LogP contribution in [0.15, 0.2) is 69.6 Å². The highest BCUT2D eigenvalue weighted by Crippen LogP contribution is 2.28. The van der Waals surface area contributed by atoms with Crippen LogP contribution in [0.4, 0.5) is 28.6 Å². The Morgan fingerprint density at radius 2 is 1.50 bits per heavy atom. The zero-order valence-corrected chi connectivity index (χ0v) is 16.3. The molecule has 0 saturated heterocycles. The van der Waals surface area contributed by atoms with Gasteiger partial charge in [0.25, 0.3) is 5.56 Å². The van der Waals surface area contributed by atoms with Crippen molar-refractivity contribution in [3.63, 3.8) is 0 Å². The summed E-state index contributed by atoms with van der Waals surface area (Å²) in [5.41, 5.74) is 9.64. The molecule has 28 heavy (non-hydrogen) atoms. The average molecular weight is 392 g/mol. The second-order valence-electron chi connectivity index (χ2n) is 6.29. The third-order valence-electron chi connectivity index (χ3n) is 3.93. The molecule has 0 bridgehead atoms. The second-order valence-corrected chi connectivity index (χ2v) is 6.71. The molecule has 1 heterocycles. The lowest BCUT2D eigenvalue weighted by molar-refractivity contribution is 1.17. The van der Waals surface area contributed by atoms with Crippen LogP contribution in [-0.4, -0.2) is 10.1 Å². The molecule has 0 aliphatic rings. The molecule has 0 fully saturated rings. The van der Waals surface area contributed by atoms with E-state index in [2.05, 4.69) is 38.1 Å². The number of hydrogen-bond acceptors (Lipinski definition) is 5. The van der Waals surface area contributed by atoms with Crippen LogP contribution in [0.5, 0.6) is 0 Å². The van der Waals surface area contributed by atoms with E-state index in [1.54, 1.807) is 6.07 Å². The smallest absolute Gasteiger partial charge is 0.277 e. The van der Waals surface area contributed by atoms with Crippen molar-refractivity contribution in [1.29, 1.82) is 0 Å². The van der Waals surface area contributed by atoms with E-state index in [0.29, 0.717) is 11.5 Å². The molecule has 5 N–H and O–H groups in total. The Hall–Kier alpha value is -3.52. The van der Waals surface area contributed by atoms with Crippen molar-refractivity contribution in [3.8, 4) is 0 Å². The number of nitrogens with zero attached hydrogens (tertiary/aromatic N) is 2. The highest BCUT2D eigenvalue weighted by molar-refractivity contribution is 7.80. The van der Waals surface area contributed by atoms with Gasteiger partial charge < -0.3 is 21.4 Å². The fraction of sp³-hybridized carbons (Fsp3) is 0.100. The molecule has 0 saturated carbocycles. The van der Waals surface area contributed by atoms with Crippen molar-refractivity contribution in [1.82, 2.24) is 4.98 Å². The van der Waals surface area contributed by atoms with Gasteiger partial charge in [-0.1, -0.05) is 35.4 Å². The fourth-order valence-electron chi connectivity index (χ4n) is 2.47. The molecule has 0 unspecified atom stereocenters. The molecule has 0 amide bonds. The summed E-state index contributed by atoms with van der Waals surface area (Å²) in [6.07, 6.45) is 0. The first-order valence-corrected chi connectivity index (χ1v) is 8.97. The SMILES string of the molecule is Cc1ccc(Nc2cc(N=NC(N)=S)c(=O)[nH]c2Nc2ccc(C)cc2)cc1. The van der Waals surface area contributed by atoms with Gasteiger partial charge >= 0.3 is 0 Å². The molecule has 0 aliphatic heterocycles. The maximum absolute atomic E-state index is 12.4. The summed E-state index contributed by atoms with van der Waals surface area (Å²) < 4.78 is 0. The Bertz CT molecular complexity index is 1070. The van der Waals surface area contributed by atoms with E-state index in [1.165, 1.54) is 0 Å². The summed E-state index contributed by atoms with van der Waals surface area (Å²) in [6, 6.07) is 17.3. The Morgan fingerprint density at radius 3 is 2.04 bits per heavy atom.